The van der Waals surface area contributed by atoms with Gasteiger partial charge in [-0.3, -0.25) is 4.79 Å². The molecule has 0 radical (unpaired) electrons. The Morgan fingerprint density at radius 1 is 1.59 bits per heavy atom. The smallest absolute Gasteiger partial charge is 0.159 e. The standard InChI is InChI=1S/C13H18N2O2/c1-10(16)11-3-2-4-12(7-11)15-8-13-9-17-6-5-14-13/h2-4,7,13-15H,5-6,8-9H2,1H3. The predicted molar refractivity (Wildman–Crippen MR) is 67.5 cm³/mol. The van der Waals surface area contributed by atoms with Gasteiger partial charge in [-0.15, -0.1) is 0 Å². The molecular weight excluding hydrogens is 216 g/mol. The fourth-order valence-corrected chi connectivity index (χ4v) is 1.84. The van der Waals surface area contributed by atoms with Crippen LogP contribution in [-0.2, 0) is 4.74 Å². The van der Waals surface area contributed by atoms with Gasteiger partial charge in [-0.1, -0.05) is 12.1 Å². The fraction of sp³-hybridized carbons (Fsp3) is 0.462. The van der Waals surface area contributed by atoms with Gasteiger partial charge in [-0.05, 0) is 19.1 Å². The topological polar surface area (TPSA) is 50.4 Å². The summed E-state index contributed by atoms with van der Waals surface area (Å²) in [6.07, 6.45) is 0. The lowest BCUT2D eigenvalue weighted by Gasteiger charge is -2.24. The molecular formula is C13H18N2O2. The zero-order valence-corrected chi connectivity index (χ0v) is 10.0. The first-order valence-electron chi connectivity index (χ1n) is 5.92. The number of ether oxygens (including phenoxy) is 1. The summed E-state index contributed by atoms with van der Waals surface area (Å²) in [7, 11) is 0. The van der Waals surface area contributed by atoms with E-state index in [0.717, 1.165) is 37.6 Å². The van der Waals surface area contributed by atoms with E-state index in [9.17, 15) is 4.79 Å². The van der Waals surface area contributed by atoms with Crippen molar-refractivity contribution in [1.82, 2.24) is 5.32 Å². The minimum atomic E-state index is 0.0905. The van der Waals surface area contributed by atoms with Gasteiger partial charge in [0, 0.05) is 30.4 Å². The number of rotatable bonds is 4. The summed E-state index contributed by atoms with van der Waals surface area (Å²) in [5.74, 6) is 0.0905. The van der Waals surface area contributed by atoms with Gasteiger partial charge in [0.05, 0.1) is 13.2 Å². The molecule has 0 bridgehead atoms. The number of hydrogen-bond acceptors (Lipinski definition) is 4. The van der Waals surface area contributed by atoms with Gasteiger partial charge in [0.1, 0.15) is 0 Å². The molecule has 1 atom stereocenters. The highest BCUT2D eigenvalue weighted by atomic mass is 16.5. The summed E-state index contributed by atoms with van der Waals surface area (Å²) in [4.78, 5) is 11.2. The summed E-state index contributed by atoms with van der Waals surface area (Å²) in [5, 5.41) is 6.69. The zero-order valence-electron chi connectivity index (χ0n) is 10.0. The van der Waals surface area contributed by atoms with Crippen LogP contribution in [0, 0.1) is 0 Å². The summed E-state index contributed by atoms with van der Waals surface area (Å²) >= 11 is 0. The van der Waals surface area contributed by atoms with Crippen LogP contribution < -0.4 is 10.6 Å². The molecule has 0 saturated carbocycles. The maximum atomic E-state index is 11.2. The van der Waals surface area contributed by atoms with Crippen molar-refractivity contribution in [3.8, 4) is 0 Å². The molecule has 0 aliphatic carbocycles. The Morgan fingerprint density at radius 3 is 3.18 bits per heavy atom. The normalized spacial score (nSPS) is 19.9. The Hall–Kier alpha value is -1.39. The van der Waals surface area contributed by atoms with Crippen molar-refractivity contribution in [2.75, 3.05) is 31.6 Å². The largest absolute Gasteiger partial charge is 0.383 e. The van der Waals surface area contributed by atoms with Crippen LogP contribution >= 0.6 is 0 Å². The van der Waals surface area contributed by atoms with Crippen LogP contribution in [0.5, 0.6) is 0 Å². The van der Waals surface area contributed by atoms with E-state index in [-0.39, 0.29) is 5.78 Å². The number of anilines is 1. The first-order chi connectivity index (χ1) is 8.25. The van der Waals surface area contributed by atoms with E-state index in [1.54, 1.807) is 6.92 Å². The second-order valence-corrected chi connectivity index (χ2v) is 4.24. The maximum Gasteiger partial charge on any atom is 0.159 e. The quantitative estimate of drug-likeness (QED) is 0.771. The van der Waals surface area contributed by atoms with Crippen molar-refractivity contribution in [3.63, 3.8) is 0 Å². The third-order valence-electron chi connectivity index (χ3n) is 2.82. The molecule has 4 heteroatoms. The number of ketones is 1. The van der Waals surface area contributed by atoms with Gasteiger partial charge in [0.25, 0.3) is 0 Å². The highest BCUT2D eigenvalue weighted by molar-refractivity contribution is 5.94. The number of carbonyl (C=O) groups excluding carboxylic acids is 1. The molecule has 0 spiro atoms. The number of carbonyl (C=O) groups is 1. The first kappa shape index (κ1) is 12.1. The summed E-state index contributed by atoms with van der Waals surface area (Å²) in [5.41, 5.74) is 1.72. The van der Waals surface area contributed by atoms with E-state index < -0.39 is 0 Å². The molecule has 1 fully saturated rings. The lowest BCUT2D eigenvalue weighted by molar-refractivity contribution is 0.0806. The van der Waals surface area contributed by atoms with E-state index in [1.165, 1.54) is 0 Å². The predicted octanol–water partition coefficient (Wildman–Crippen LogP) is 1.29. The Labute approximate surface area is 101 Å². The molecule has 1 aliphatic heterocycles. The maximum absolute atomic E-state index is 11.2. The van der Waals surface area contributed by atoms with Gasteiger partial charge < -0.3 is 15.4 Å². The van der Waals surface area contributed by atoms with Crippen molar-refractivity contribution in [2.45, 2.75) is 13.0 Å². The molecule has 0 amide bonds. The summed E-state index contributed by atoms with van der Waals surface area (Å²) in [6.45, 7) is 4.81. The Kier molecular flexibility index (Phi) is 4.12. The summed E-state index contributed by atoms with van der Waals surface area (Å²) in [6, 6.07) is 7.91. The molecule has 2 rings (SSSR count). The number of morpholine rings is 1. The minimum Gasteiger partial charge on any atom is -0.383 e. The van der Waals surface area contributed by atoms with Crippen molar-refractivity contribution < 1.29 is 9.53 Å². The SMILES string of the molecule is CC(=O)c1cccc(NCC2COCCN2)c1. The van der Waals surface area contributed by atoms with E-state index >= 15 is 0 Å². The second-order valence-electron chi connectivity index (χ2n) is 4.24. The Morgan fingerprint density at radius 2 is 2.47 bits per heavy atom. The van der Waals surface area contributed by atoms with Crippen LogP contribution in [-0.4, -0.2) is 38.1 Å². The Bertz CT molecular complexity index is 387. The average Bonchev–Trinajstić information content (AvgIpc) is 2.38. The van der Waals surface area contributed by atoms with Gasteiger partial charge in [-0.25, -0.2) is 0 Å². The van der Waals surface area contributed by atoms with E-state index in [1.807, 2.05) is 24.3 Å². The van der Waals surface area contributed by atoms with Gasteiger partial charge in [0.2, 0.25) is 0 Å². The third-order valence-corrected chi connectivity index (χ3v) is 2.82. The number of benzene rings is 1. The summed E-state index contributed by atoms with van der Waals surface area (Å²) < 4.78 is 5.38. The lowest BCUT2D eigenvalue weighted by Crippen LogP contribution is -2.45. The molecule has 1 unspecified atom stereocenters. The molecule has 1 aromatic rings. The Balaban J connectivity index is 1.89. The van der Waals surface area contributed by atoms with Crippen molar-refractivity contribution in [3.05, 3.63) is 29.8 Å². The molecule has 1 aromatic carbocycles. The van der Waals surface area contributed by atoms with Crippen LogP contribution in [0.3, 0.4) is 0 Å². The molecule has 4 nitrogen and oxygen atoms in total. The van der Waals surface area contributed by atoms with E-state index in [0.29, 0.717) is 6.04 Å². The van der Waals surface area contributed by atoms with Crippen molar-refractivity contribution in [2.24, 2.45) is 0 Å². The first-order valence-corrected chi connectivity index (χ1v) is 5.92. The zero-order chi connectivity index (χ0) is 12.1. The number of Topliss-reactive ketones (excluding diaryl/α,β-unsaturated/α-hetero) is 1. The second kappa shape index (κ2) is 5.80. The minimum absolute atomic E-state index is 0.0905. The highest BCUT2D eigenvalue weighted by Crippen LogP contribution is 2.11. The van der Waals surface area contributed by atoms with Crippen LogP contribution in [0.15, 0.2) is 24.3 Å². The van der Waals surface area contributed by atoms with Crippen molar-refractivity contribution in [1.29, 1.82) is 0 Å². The van der Waals surface area contributed by atoms with Crippen LogP contribution in [0.25, 0.3) is 0 Å². The molecule has 1 aliphatic rings. The molecule has 1 heterocycles. The monoisotopic (exact) mass is 234 g/mol. The number of nitrogens with one attached hydrogen (secondary N) is 2. The van der Waals surface area contributed by atoms with E-state index in [4.69, 9.17) is 4.74 Å². The number of hydrogen-bond donors (Lipinski definition) is 2. The van der Waals surface area contributed by atoms with Gasteiger partial charge in [-0.2, -0.15) is 0 Å². The van der Waals surface area contributed by atoms with Gasteiger partial charge >= 0.3 is 0 Å². The van der Waals surface area contributed by atoms with Crippen LogP contribution in [0.2, 0.25) is 0 Å². The fourth-order valence-electron chi connectivity index (χ4n) is 1.84. The van der Waals surface area contributed by atoms with Crippen LogP contribution in [0.1, 0.15) is 17.3 Å². The van der Waals surface area contributed by atoms with Crippen LogP contribution in [0.4, 0.5) is 5.69 Å². The highest BCUT2D eigenvalue weighted by Gasteiger charge is 2.12. The third kappa shape index (κ3) is 3.54. The molecule has 2 N–H and O–H groups in total. The lowest BCUT2D eigenvalue weighted by atomic mass is 10.1. The van der Waals surface area contributed by atoms with Crippen molar-refractivity contribution >= 4 is 11.5 Å². The molecule has 92 valence electrons. The van der Waals surface area contributed by atoms with Gasteiger partial charge in [0.15, 0.2) is 5.78 Å². The van der Waals surface area contributed by atoms with E-state index in [2.05, 4.69) is 10.6 Å². The molecule has 1 saturated heterocycles. The average molecular weight is 234 g/mol. The molecule has 17 heavy (non-hydrogen) atoms. The molecule has 0 aromatic heterocycles.